The van der Waals surface area contributed by atoms with Crippen molar-refractivity contribution in [3.05, 3.63) is 24.3 Å². The number of hydrogen-bond acceptors (Lipinski definition) is 4. The molecule has 7 heteroatoms. The van der Waals surface area contributed by atoms with Gasteiger partial charge in [-0.15, -0.1) is 0 Å². The molecular formula is C12H16N4O3. The van der Waals surface area contributed by atoms with E-state index in [0.29, 0.717) is 18.7 Å². The molecule has 0 radical (unpaired) electrons. The maximum absolute atomic E-state index is 12.4. The van der Waals surface area contributed by atoms with Crippen molar-refractivity contribution in [2.45, 2.75) is 25.8 Å². The third-order valence-electron chi connectivity index (χ3n) is 3.39. The summed E-state index contributed by atoms with van der Waals surface area (Å²) in [5.41, 5.74) is -1.34. The summed E-state index contributed by atoms with van der Waals surface area (Å²) in [5, 5.41) is 15.8. The van der Waals surface area contributed by atoms with E-state index < -0.39 is 11.4 Å². The van der Waals surface area contributed by atoms with E-state index in [1.807, 2.05) is 6.08 Å². The van der Waals surface area contributed by atoms with E-state index in [1.165, 1.54) is 11.2 Å². The molecule has 1 aromatic heterocycles. The van der Waals surface area contributed by atoms with Crippen molar-refractivity contribution in [1.29, 1.82) is 0 Å². The van der Waals surface area contributed by atoms with Crippen LogP contribution in [0.2, 0.25) is 0 Å². The monoisotopic (exact) mass is 264 g/mol. The van der Waals surface area contributed by atoms with E-state index in [9.17, 15) is 14.7 Å². The molecule has 2 rings (SSSR count). The summed E-state index contributed by atoms with van der Waals surface area (Å²) in [5.74, 6) is -0.922. The van der Waals surface area contributed by atoms with Crippen LogP contribution in [-0.4, -0.2) is 44.1 Å². The van der Waals surface area contributed by atoms with Gasteiger partial charge in [0.25, 0.3) is 0 Å². The van der Waals surface area contributed by atoms with Gasteiger partial charge in [-0.1, -0.05) is 12.2 Å². The molecule has 1 heterocycles. The highest BCUT2D eigenvalue weighted by atomic mass is 16.4. The quantitative estimate of drug-likeness (QED) is 0.612. The summed E-state index contributed by atoms with van der Waals surface area (Å²) < 4.78 is 0. The second kappa shape index (κ2) is 5.21. The summed E-state index contributed by atoms with van der Waals surface area (Å²) in [6.07, 6.45) is 6.20. The first-order valence-corrected chi connectivity index (χ1v) is 6.04. The SMILES string of the molecule is CN(Cc1ncn[nH]1)C(=O)C1(C(=O)O)CC=CCC1. The summed E-state index contributed by atoms with van der Waals surface area (Å²) in [6.45, 7) is 0.220. The number of nitrogens with zero attached hydrogens (tertiary/aromatic N) is 3. The number of carbonyl (C=O) groups excluding carboxylic acids is 1. The molecule has 1 aliphatic carbocycles. The average Bonchev–Trinajstić information content (AvgIpc) is 2.91. The van der Waals surface area contributed by atoms with Gasteiger partial charge in [0.05, 0.1) is 6.54 Å². The van der Waals surface area contributed by atoms with Crippen molar-refractivity contribution in [2.24, 2.45) is 5.41 Å². The molecule has 0 fully saturated rings. The molecule has 0 bridgehead atoms. The topological polar surface area (TPSA) is 99.2 Å². The molecule has 2 N–H and O–H groups in total. The third-order valence-corrected chi connectivity index (χ3v) is 3.39. The molecule has 1 amide bonds. The predicted molar refractivity (Wildman–Crippen MR) is 65.9 cm³/mol. The number of carboxylic acid groups (broad SMARTS) is 1. The molecule has 0 aromatic carbocycles. The Bertz CT molecular complexity index is 497. The lowest BCUT2D eigenvalue weighted by atomic mass is 9.76. The zero-order valence-electron chi connectivity index (χ0n) is 10.7. The summed E-state index contributed by atoms with van der Waals surface area (Å²) in [4.78, 5) is 29.3. The van der Waals surface area contributed by atoms with Gasteiger partial charge in [-0.3, -0.25) is 14.7 Å². The second-order valence-electron chi connectivity index (χ2n) is 4.69. The number of H-pyrrole nitrogens is 1. The summed E-state index contributed by atoms with van der Waals surface area (Å²) in [6, 6.07) is 0. The van der Waals surface area contributed by atoms with Gasteiger partial charge >= 0.3 is 5.97 Å². The smallest absolute Gasteiger partial charge is 0.319 e. The molecule has 102 valence electrons. The fourth-order valence-corrected chi connectivity index (χ4v) is 2.28. The number of nitrogens with one attached hydrogen (secondary N) is 1. The summed E-state index contributed by atoms with van der Waals surface area (Å²) in [7, 11) is 1.58. The lowest BCUT2D eigenvalue weighted by Gasteiger charge is -2.32. The molecule has 1 unspecified atom stereocenters. The van der Waals surface area contributed by atoms with Gasteiger partial charge in [-0.2, -0.15) is 5.10 Å². The highest BCUT2D eigenvalue weighted by Gasteiger charge is 2.47. The van der Waals surface area contributed by atoms with Crippen molar-refractivity contribution in [3.8, 4) is 0 Å². The van der Waals surface area contributed by atoms with Crippen molar-refractivity contribution < 1.29 is 14.7 Å². The lowest BCUT2D eigenvalue weighted by molar-refractivity contribution is -0.161. The minimum absolute atomic E-state index is 0.220. The molecule has 1 aliphatic rings. The third kappa shape index (κ3) is 2.49. The van der Waals surface area contributed by atoms with Crippen LogP contribution in [0, 0.1) is 5.41 Å². The van der Waals surface area contributed by atoms with Crippen molar-refractivity contribution in [3.63, 3.8) is 0 Å². The van der Waals surface area contributed by atoms with Crippen molar-refractivity contribution in [2.75, 3.05) is 7.05 Å². The Hall–Kier alpha value is -2.18. The Balaban J connectivity index is 2.15. The minimum atomic E-state index is -1.34. The van der Waals surface area contributed by atoms with E-state index in [-0.39, 0.29) is 18.9 Å². The number of allylic oxidation sites excluding steroid dienone is 2. The van der Waals surface area contributed by atoms with Crippen LogP contribution in [0.5, 0.6) is 0 Å². The van der Waals surface area contributed by atoms with E-state index in [1.54, 1.807) is 13.1 Å². The maximum Gasteiger partial charge on any atom is 0.319 e. The number of aromatic amines is 1. The average molecular weight is 264 g/mol. The van der Waals surface area contributed by atoms with Gasteiger partial charge in [-0.05, 0) is 19.3 Å². The van der Waals surface area contributed by atoms with Crippen LogP contribution in [0.3, 0.4) is 0 Å². The largest absolute Gasteiger partial charge is 0.480 e. The van der Waals surface area contributed by atoms with Crippen molar-refractivity contribution >= 4 is 11.9 Å². The van der Waals surface area contributed by atoms with Crippen LogP contribution in [0.15, 0.2) is 18.5 Å². The van der Waals surface area contributed by atoms with Crippen LogP contribution < -0.4 is 0 Å². The van der Waals surface area contributed by atoms with Gasteiger partial charge in [0.15, 0.2) is 0 Å². The molecule has 0 saturated heterocycles. The Morgan fingerprint density at radius 2 is 2.32 bits per heavy atom. The molecule has 1 aromatic rings. The predicted octanol–water partition coefficient (Wildman–Crippen LogP) is 0.574. The molecule has 0 saturated carbocycles. The minimum Gasteiger partial charge on any atom is -0.480 e. The second-order valence-corrected chi connectivity index (χ2v) is 4.69. The number of aromatic nitrogens is 3. The van der Waals surface area contributed by atoms with Crippen LogP contribution in [-0.2, 0) is 16.1 Å². The van der Waals surface area contributed by atoms with Crippen LogP contribution in [0.1, 0.15) is 25.1 Å². The van der Waals surface area contributed by atoms with E-state index in [0.717, 1.165) is 0 Å². The molecule has 19 heavy (non-hydrogen) atoms. The van der Waals surface area contributed by atoms with Gasteiger partial charge in [0.2, 0.25) is 5.91 Å². The zero-order valence-corrected chi connectivity index (χ0v) is 10.7. The number of rotatable bonds is 4. The van der Waals surface area contributed by atoms with Gasteiger partial charge in [0, 0.05) is 7.05 Å². The fourth-order valence-electron chi connectivity index (χ4n) is 2.28. The van der Waals surface area contributed by atoms with E-state index in [4.69, 9.17) is 0 Å². The Morgan fingerprint density at radius 1 is 1.53 bits per heavy atom. The molecular weight excluding hydrogens is 248 g/mol. The highest BCUT2D eigenvalue weighted by Crippen LogP contribution is 2.35. The van der Waals surface area contributed by atoms with Gasteiger partial charge < -0.3 is 10.0 Å². The number of carboxylic acids is 1. The maximum atomic E-state index is 12.4. The first-order chi connectivity index (χ1) is 9.06. The van der Waals surface area contributed by atoms with Crippen molar-refractivity contribution in [1.82, 2.24) is 20.1 Å². The number of aliphatic carboxylic acids is 1. The van der Waals surface area contributed by atoms with Crippen LogP contribution in [0.4, 0.5) is 0 Å². The van der Waals surface area contributed by atoms with E-state index >= 15 is 0 Å². The first kappa shape index (κ1) is 13.3. The fraction of sp³-hybridized carbons (Fsp3) is 0.500. The number of carbonyl (C=O) groups is 2. The first-order valence-electron chi connectivity index (χ1n) is 6.04. The lowest BCUT2D eigenvalue weighted by Crippen LogP contribution is -2.47. The molecule has 0 aliphatic heterocycles. The number of amides is 1. The zero-order chi connectivity index (χ0) is 13.9. The Labute approximate surface area is 110 Å². The Morgan fingerprint density at radius 3 is 2.84 bits per heavy atom. The van der Waals surface area contributed by atoms with E-state index in [2.05, 4.69) is 15.2 Å². The molecule has 1 atom stereocenters. The summed E-state index contributed by atoms with van der Waals surface area (Å²) >= 11 is 0. The van der Waals surface area contributed by atoms with Gasteiger partial charge in [-0.25, -0.2) is 4.98 Å². The standard InChI is InChI=1S/C12H16N4O3/c1-16(7-9-13-8-14-15-9)10(17)12(11(18)19)5-3-2-4-6-12/h2-3,8H,4-7H2,1H3,(H,18,19)(H,13,14,15). The molecule has 0 spiro atoms. The normalized spacial score (nSPS) is 22.2. The van der Waals surface area contributed by atoms with Gasteiger partial charge in [0.1, 0.15) is 17.6 Å². The highest BCUT2D eigenvalue weighted by molar-refractivity contribution is 6.02. The Kier molecular flexibility index (Phi) is 3.64. The molecule has 7 nitrogen and oxygen atoms in total. The van der Waals surface area contributed by atoms with Crippen LogP contribution in [0.25, 0.3) is 0 Å². The van der Waals surface area contributed by atoms with Crippen LogP contribution >= 0.6 is 0 Å². The number of hydrogen-bond donors (Lipinski definition) is 2.